The molecule has 0 aliphatic rings. The van der Waals surface area contributed by atoms with Crippen LogP contribution in [0.1, 0.15) is 53.0 Å². The van der Waals surface area contributed by atoms with Crippen LogP contribution in [-0.2, 0) is 15.0 Å². The molecule has 0 aliphatic heterocycles. The standard InChI is InChI=1S/C18H28N2O2/c1-6-7-17(22)19-12-13-20(14(2)21)16-10-8-15(9-11-16)18(3,4)5/h8-11H,6-7,12-13H2,1-5H3,(H,19,22). The van der Waals surface area contributed by atoms with Crippen molar-refractivity contribution in [1.82, 2.24) is 5.32 Å². The summed E-state index contributed by atoms with van der Waals surface area (Å²) in [7, 11) is 0. The summed E-state index contributed by atoms with van der Waals surface area (Å²) in [5.74, 6) is 0.0160. The van der Waals surface area contributed by atoms with Gasteiger partial charge < -0.3 is 10.2 Å². The molecule has 0 unspecified atom stereocenters. The first-order valence-corrected chi connectivity index (χ1v) is 7.91. The Morgan fingerprint density at radius 1 is 1.14 bits per heavy atom. The van der Waals surface area contributed by atoms with Crippen molar-refractivity contribution in [2.75, 3.05) is 18.0 Å². The highest BCUT2D eigenvalue weighted by atomic mass is 16.2. The van der Waals surface area contributed by atoms with Crippen molar-refractivity contribution in [1.29, 1.82) is 0 Å². The Balaban J connectivity index is 2.71. The van der Waals surface area contributed by atoms with Gasteiger partial charge in [0, 0.05) is 32.1 Å². The van der Waals surface area contributed by atoms with Gasteiger partial charge in [-0.25, -0.2) is 0 Å². The number of anilines is 1. The molecule has 0 saturated heterocycles. The third kappa shape index (κ3) is 5.51. The third-order valence-electron chi connectivity index (χ3n) is 3.56. The minimum Gasteiger partial charge on any atom is -0.354 e. The molecule has 122 valence electrons. The van der Waals surface area contributed by atoms with E-state index in [-0.39, 0.29) is 17.2 Å². The van der Waals surface area contributed by atoms with Crippen LogP contribution < -0.4 is 10.2 Å². The number of hydrogen-bond acceptors (Lipinski definition) is 2. The highest BCUT2D eigenvalue weighted by molar-refractivity contribution is 5.91. The van der Waals surface area contributed by atoms with Gasteiger partial charge in [0.2, 0.25) is 11.8 Å². The van der Waals surface area contributed by atoms with Crippen LogP contribution in [0.4, 0.5) is 5.69 Å². The zero-order valence-electron chi connectivity index (χ0n) is 14.4. The Kier molecular flexibility index (Phi) is 6.60. The van der Waals surface area contributed by atoms with Gasteiger partial charge in [-0.05, 0) is 29.5 Å². The number of hydrogen-bond donors (Lipinski definition) is 1. The lowest BCUT2D eigenvalue weighted by Gasteiger charge is -2.24. The Hall–Kier alpha value is -1.84. The van der Waals surface area contributed by atoms with E-state index in [1.807, 2.05) is 19.1 Å². The van der Waals surface area contributed by atoms with Crippen molar-refractivity contribution in [2.24, 2.45) is 0 Å². The highest BCUT2D eigenvalue weighted by Gasteiger charge is 2.15. The first kappa shape index (κ1) is 18.2. The first-order valence-electron chi connectivity index (χ1n) is 7.91. The minimum absolute atomic E-state index is 0.0201. The molecule has 0 aromatic heterocycles. The number of nitrogens with zero attached hydrogens (tertiary/aromatic N) is 1. The zero-order valence-corrected chi connectivity index (χ0v) is 14.4. The molecule has 1 aromatic carbocycles. The number of rotatable bonds is 6. The summed E-state index contributed by atoms with van der Waals surface area (Å²) in [5.41, 5.74) is 2.19. The zero-order chi connectivity index (χ0) is 16.8. The monoisotopic (exact) mass is 304 g/mol. The van der Waals surface area contributed by atoms with Crippen molar-refractivity contribution in [3.63, 3.8) is 0 Å². The van der Waals surface area contributed by atoms with Crippen LogP contribution in [0.15, 0.2) is 24.3 Å². The lowest BCUT2D eigenvalue weighted by Crippen LogP contribution is -2.37. The van der Waals surface area contributed by atoms with E-state index < -0.39 is 0 Å². The van der Waals surface area contributed by atoms with Gasteiger partial charge in [0.15, 0.2) is 0 Å². The molecular weight excluding hydrogens is 276 g/mol. The smallest absolute Gasteiger partial charge is 0.223 e. The average molecular weight is 304 g/mol. The predicted octanol–water partition coefficient (Wildman–Crippen LogP) is 3.25. The van der Waals surface area contributed by atoms with Crippen LogP contribution in [0.3, 0.4) is 0 Å². The van der Waals surface area contributed by atoms with Gasteiger partial charge in [0.25, 0.3) is 0 Å². The van der Waals surface area contributed by atoms with Crippen molar-refractivity contribution in [2.45, 2.75) is 52.9 Å². The van der Waals surface area contributed by atoms with Crippen molar-refractivity contribution >= 4 is 17.5 Å². The topological polar surface area (TPSA) is 49.4 Å². The van der Waals surface area contributed by atoms with E-state index in [1.165, 1.54) is 5.56 Å². The lowest BCUT2D eigenvalue weighted by molar-refractivity contribution is -0.121. The first-order chi connectivity index (χ1) is 10.3. The van der Waals surface area contributed by atoms with Gasteiger partial charge in [0.05, 0.1) is 0 Å². The maximum absolute atomic E-state index is 11.8. The molecule has 0 aliphatic carbocycles. The van der Waals surface area contributed by atoms with E-state index >= 15 is 0 Å². The summed E-state index contributed by atoms with van der Waals surface area (Å²) in [6, 6.07) is 8.05. The van der Waals surface area contributed by atoms with Gasteiger partial charge in [-0.2, -0.15) is 0 Å². The summed E-state index contributed by atoms with van der Waals surface area (Å²) in [5, 5.41) is 2.84. The van der Waals surface area contributed by atoms with E-state index in [9.17, 15) is 9.59 Å². The molecule has 4 nitrogen and oxygen atoms in total. The molecule has 22 heavy (non-hydrogen) atoms. The SMILES string of the molecule is CCCC(=O)NCCN(C(C)=O)c1ccc(C(C)(C)C)cc1. The van der Waals surface area contributed by atoms with E-state index in [4.69, 9.17) is 0 Å². The second-order valence-electron chi connectivity index (χ2n) is 6.57. The van der Waals surface area contributed by atoms with Crippen LogP contribution in [0.25, 0.3) is 0 Å². The summed E-state index contributed by atoms with van der Waals surface area (Å²) < 4.78 is 0. The van der Waals surface area contributed by atoms with Gasteiger partial charge in [-0.1, -0.05) is 39.8 Å². The third-order valence-corrected chi connectivity index (χ3v) is 3.56. The van der Waals surface area contributed by atoms with Crippen LogP contribution in [0, 0.1) is 0 Å². The maximum Gasteiger partial charge on any atom is 0.223 e. The van der Waals surface area contributed by atoms with Crippen LogP contribution in [0.5, 0.6) is 0 Å². The van der Waals surface area contributed by atoms with Gasteiger partial charge in [-0.15, -0.1) is 0 Å². The lowest BCUT2D eigenvalue weighted by atomic mass is 9.87. The van der Waals surface area contributed by atoms with Crippen LogP contribution in [0.2, 0.25) is 0 Å². The summed E-state index contributed by atoms with van der Waals surface area (Å²) in [6.45, 7) is 11.0. The molecule has 1 N–H and O–H groups in total. The fourth-order valence-corrected chi connectivity index (χ4v) is 2.23. The van der Waals surface area contributed by atoms with E-state index in [0.717, 1.165) is 12.1 Å². The van der Waals surface area contributed by atoms with Gasteiger partial charge >= 0.3 is 0 Å². The van der Waals surface area contributed by atoms with E-state index in [0.29, 0.717) is 19.5 Å². The second-order valence-corrected chi connectivity index (χ2v) is 6.57. The number of amides is 2. The molecule has 1 rings (SSSR count). The molecule has 0 spiro atoms. The van der Waals surface area contributed by atoms with Gasteiger partial charge in [0.1, 0.15) is 0 Å². The second kappa shape index (κ2) is 7.97. The molecule has 2 amide bonds. The van der Waals surface area contributed by atoms with Crippen LogP contribution in [-0.4, -0.2) is 24.9 Å². The molecule has 0 atom stereocenters. The Morgan fingerprint density at radius 2 is 1.73 bits per heavy atom. The van der Waals surface area contributed by atoms with Gasteiger partial charge in [-0.3, -0.25) is 9.59 Å². The Labute approximate surface area is 133 Å². The Morgan fingerprint density at radius 3 is 2.18 bits per heavy atom. The normalized spacial score (nSPS) is 11.1. The van der Waals surface area contributed by atoms with Crippen molar-refractivity contribution in [3.8, 4) is 0 Å². The number of carbonyl (C=O) groups is 2. The summed E-state index contributed by atoms with van der Waals surface area (Å²) >= 11 is 0. The molecule has 0 saturated carbocycles. The fourth-order valence-electron chi connectivity index (χ4n) is 2.23. The number of nitrogens with one attached hydrogen (secondary N) is 1. The summed E-state index contributed by atoms with van der Waals surface area (Å²) in [4.78, 5) is 25.0. The maximum atomic E-state index is 11.8. The molecule has 0 heterocycles. The number of benzene rings is 1. The predicted molar refractivity (Wildman–Crippen MR) is 91.1 cm³/mol. The summed E-state index contributed by atoms with van der Waals surface area (Å²) in [6.07, 6.45) is 1.36. The molecule has 0 radical (unpaired) electrons. The highest BCUT2D eigenvalue weighted by Crippen LogP contribution is 2.24. The quantitative estimate of drug-likeness (QED) is 0.877. The molecule has 0 fully saturated rings. The van der Waals surface area contributed by atoms with Crippen molar-refractivity contribution < 1.29 is 9.59 Å². The van der Waals surface area contributed by atoms with E-state index in [1.54, 1.807) is 11.8 Å². The van der Waals surface area contributed by atoms with Crippen LogP contribution >= 0.6 is 0 Å². The molecule has 0 bridgehead atoms. The average Bonchev–Trinajstić information content (AvgIpc) is 2.43. The molecule has 1 aromatic rings. The van der Waals surface area contributed by atoms with E-state index in [2.05, 4.69) is 38.2 Å². The molecular formula is C18H28N2O2. The van der Waals surface area contributed by atoms with Crippen molar-refractivity contribution in [3.05, 3.63) is 29.8 Å². The fraction of sp³-hybridized carbons (Fsp3) is 0.556. The molecule has 4 heteroatoms. The largest absolute Gasteiger partial charge is 0.354 e. The Bertz CT molecular complexity index is 501. The minimum atomic E-state index is -0.0201. The number of carbonyl (C=O) groups excluding carboxylic acids is 2.